The third kappa shape index (κ3) is 3.13. The van der Waals surface area contributed by atoms with Gasteiger partial charge < -0.3 is 14.6 Å². The van der Waals surface area contributed by atoms with E-state index in [9.17, 15) is 4.79 Å². The van der Waals surface area contributed by atoms with Gasteiger partial charge in [0.25, 0.3) is 0 Å². The zero-order valence-corrected chi connectivity index (χ0v) is 13.7. The first-order valence-corrected chi connectivity index (χ1v) is 8.17. The third-order valence-corrected chi connectivity index (χ3v) is 4.49. The van der Waals surface area contributed by atoms with Gasteiger partial charge in [0.2, 0.25) is 5.91 Å². The lowest BCUT2D eigenvalue weighted by atomic mass is 10.2. The summed E-state index contributed by atoms with van der Waals surface area (Å²) in [6, 6.07) is 8.09. The van der Waals surface area contributed by atoms with Crippen molar-refractivity contribution in [1.29, 1.82) is 0 Å². The summed E-state index contributed by atoms with van der Waals surface area (Å²) in [6.45, 7) is 5.62. The maximum atomic E-state index is 11.7. The van der Waals surface area contributed by atoms with Crippen molar-refractivity contribution in [1.82, 2.24) is 10.2 Å². The maximum Gasteiger partial charge on any atom is 0.222 e. The summed E-state index contributed by atoms with van der Waals surface area (Å²) in [6.07, 6.45) is 1.56. The van der Waals surface area contributed by atoms with E-state index in [4.69, 9.17) is 16.0 Å². The molecule has 22 heavy (non-hydrogen) atoms. The van der Waals surface area contributed by atoms with Crippen LogP contribution >= 0.6 is 11.6 Å². The van der Waals surface area contributed by atoms with E-state index in [2.05, 4.69) is 12.2 Å². The minimum absolute atomic E-state index is 0.104. The number of halogens is 1. The molecule has 118 valence electrons. The van der Waals surface area contributed by atoms with Gasteiger partial charge in [-0.1, -0.05) is 18.5 Å². The molecule has 1 amide bonds. The predicted octanol–water partition coefficient (Wildman–Crippen LogP) is 3.75. The lowest BCUT2D eigenvalue weighted by Crippen LogP contribution is -2.36. The van der Waals surface area contributed by atoms with Gasteiger partial charge in [-0.15, -0.1) is 0 Å². The lowest BCUT2D eigenvalue weighted by molar-refractivity contribution is -0.129. The highest BCUT2D eigenvalue weighted by atomic mass is 35.5. The summed E-state index contributed by atoms with van der Waals surface area (Å²) in [7, 11) is 0. The molecule has 1 aliphatic heterocycles. The van der Waals surface area contributed by atoms with Crippen molar-refractivity contribution in [3.8, 4) is 0 Å². The van der Waals surface area contributed by atoms with Gasteiger partial charge in [0.1, 0.15) is 11.3 Å². The van der Waals surface area contributed by atoms with E-state index in [1.807, 2.05) is 36.1 Å². The second-order valence-corrected chi connectivity index (χ2v) is 6.33. The summed E-state index contributed by atoms with van der Waals surface area (Å²) in [5.74, 6) is 1.13. The number of nitrogens with one attached hydrogen (secondary N) is 1. The minimum atomic E-state index is 0.104. The van der Waals surface area contributed by atoms with Crippen LogP contribution in [0.3, 0.4) is 0 Å². The van der Waals surface area contributed by atoms with Gasteiger partial charge in [0.05, 0.1) is 6.04 Å². The van der Waals surface area contributed by atoms with Crippen LogP contribution in [0.4, 0.5) is 0 Å². The number of rotatable bonds is 4. The topological polar surface area (TPSA) is 45.5 Å². The van der Waals surface area contributed by atoms with Gasteiger partial charge in [-0.25, -0.2) is 0 Å². The number of carbonyl (C=O) groups is 1. The monoisotopic (exact) mass is 320 g/mol. The van der Waals surface area contributed by atoms with E-state index in [0.29, 0.717) is 17.5 Å². The number of hydrogen-bond acceptors (Lipinski definition) is 3. The summed E-state index contributed by atoms with van der Waals surface area (Å²) >= 11 is 6.01. The molecule has 1 fully saturated rings. The fourth-order valence-corrected chi connectivity index (χ4v) is 3.21. The number of carbonyl (C=O) groups excluding carboxylic acids is 1. The zero-order chi connectivity index (χ0) is 15.7. The van der Waals surface area contributed by atoms with Crippen LogP contribution in [0.2, 0.25) is 5.02 Å². The SMILES string of the molecule is CCC(=O)N1CC[C@H](N[C@H](C)c2cc3cc(Cl)ccc3o2)C1. The molecule has 2 atom stereocenters. The predicted molar refractivity (Wildman–Crippen MR) is 88.1 cm³/mol. The van der Waals surface area contributed by atoms with Crippen LogP contribution in [0.5, 0.6) is 0 Å². The van der Waals surface area contributed by atoms with Gasteiger partial charge in [0.15, 0.2) is 0 Å². The van der Waals surface area contributed by atoms with Crippen LogP contribution in [0, 0.1) is 0 Å². The Morgan fingerprint density at radius 1 is 1.50 bits per heavy atom. The number of likely N-dealkylation sites (tertiary alicyclic amines) is 1. The molecule has 3 rings (SSSR count). The van der Waals surface area contributed by atoms with Crippen LogP contribution < -0.4 is 5.32 Å². The van der Waals surface area contributed by atoms with Crippen LogP contribution in [0.25, 0.3) is 11.0 Å². The molecule has 0 spiro atoms. The van der Waals surface area contributed by atoms with E-state index in [0.717, 1.165) is 36.2 Å². The van der Waals surface area contributed by atoms with Crippen molar-refractivity contribution in [2.24, 2.45) is 0 Å². The molecule has 1 aromatic heterocycles. The van der Waals surface area contributed by atoms with Crippen LogP contribution in [-0.2, 0) is 4.79 Å². The smallest absolute Gasteiger partial charge is 0.222 e. The molecule has 5 heteroatoms. The minimum Gasteiger partial charge on any atom is -0.459 e. The van der Waals surface area contributed by atoms with Crippen molar-refractivity contribution in [3.05, 3.63) is 35.0 Å². The van der Waals surface area contributed by atoms with E-state index in [1.54, 1.807) is 0 Å². The first-order valence-electron chi connectivity index (χ1n) is 7.79. The van der Waals surface area contributed by atoms with Gasteiger partial charge in [-0.2, -0.15) is 0 Å². The Bertz CT molecular complexity index is 682. The van der Waals surface area contributed by atoms with Crippen LogP contribution in [0.15, 0.2) is 28.7 Å². The van der Waals surface area contributed by atoms with E-state index >= 15 is 0 Å². The normalized spacial score (nSPS) is 19.8. The molecule has 1 saturated heterocycles. The highest BCUT2D eigenvalue weighted by Crippen LogP contribution is 2.27. The number of benzene rings is 1. The third-order valence-electron chi connectivity index (χ3n) is 4.25. The van der Waals surface area contributed by atoms with Crippen LogP contribution in [0.1, 0.15) is 38.5 Å². The van der Waals surface area contributed by atoms with E-state index < -0.39 is 0 Å². The maximum absolute atomic E-state index is 11.7. The molecule has 1 N–H and O–H groups in total. The van der Waals surface area contributed by atoms with Crippen molar-refractivity contribution < 1.29 is 9.21 Å². The van der Waals surface area contributed by atoms with E-state index in [1.165, 1.54) is 0 Å². The van der Waals surface area contributed by atoms with Gasteiger partial charge >= 0.3 is 0 Å². The fourth-order valence-electron chi connectivity index (χ4n) is 3.03. The molecule has 0 aliphatic carbocycles. The molecule has 4 nitrogen and oxygen atoms in total. The van der Waals surface area contributed by atoms with Crippen LogP contribution in [-0.4, -0.2) is 29.9 Å². The molecular weight excluding hydrogens is 300 g/mol. The number of fused-ring (bicyclic) bond motifs is 1. The lowest BCUT2D eigenvalue weighted by Gasteiger charge is -2.19. The Labute approximate surface area is 135 Å². The highest BCUT2D eigenvalue weighted by molar-refractivity contribution is 6.31. The fraction of sp³-hybridized carbons (Fsp3) is 0.471. The van der Waals surface area contributed by atoms with Gasteiger partial charge in [-0.3, -0.25) is 4.79 Å². The molecule has 1 aliphatic rings. The Morgan fingerprint density at radius 3 is 3.09 bits per heavy atom. The molecule has 1 aromatic carbocycles. The van der Waals surface area contributed by atoms with Gasteiger partial charge in [-0.05, 0) is 37.6 Å². The standard InChI is InChI=1S/C17H21ClN2O2/c1-3-17(21)20-7-6-14(10-20)19-11(2)16-9-12-8-13(18)4-5-15(12)22-16/h4-5,8-9,11,14,19H,3,6-7,10H2,1-2H3/t11-,14+/m1/s1. The number of furan rings is 1. The Hall–Kier alpha value is -1.52. The largest absolute Gasteiger partial charge is 0.459 e. The second kappa shape index (κ2) is 6.31. The Kier molecular flexibility index (Phi) is 4.41. The Balaban J connectivity index is 1.66. The van der Waals surface area contributed by atoms with E-state index in [-0.39, 0.29) is 11.9 Å². The summed E-state index contributed by atoms with van der Waals surface area (Å²) in [5, 5.41) is 5.29. The summed E-state index contributed by atoms with van der Waals surface area (Å²) < 4.78 is 5.89. The molecular formula is C17H21ClN2O2. The first-order chi connectivity index (χ1) is 10.6. The molecule has 2 aromatic rings. The van der Waals surface area contributed by atoms with Gasteiger partial charge in [0, 0.05) is 36.0 Å². The zero-order valence-electron chi connectivity index (χ0n) is 12.9. The Morgan fingerprint density at radius 2 is 2.32 bits per heavy atom. The number of amides is 1. The highest BCUT2D eigenvalue weighted by Gasteiger charge is 2.27. The van der Waals surface area contributed by atoms with Crippen molar-refractivity contribution in [2.75, 3.05) is 13.1 Å². The molecule has 0 saturated carbocycles. The number of hydrogen-bond donors (Lipinski definition) is 1. The van der Waals surface area contributed by atoms with Crippen molar-refractivity contribution >= 4 is 28.5 Å². The molecule has 2 heterocycles. The average molecular weight is 321 g/mol. The molecule has 0 unspecified atom stereocenters. The molecule has 0 bridgehead atoms. The van der Waals surface area contributed by atoms with Crippen molar-refractivity contribution in [3.63, 3.8) is 0 Å². The average Bonchev–Trinajstić information content (AvgIpc) is 3.12. The summed E-state index contributed by atoms with van der Waals surface area (Å²) in [4.78, 5) is 13.7. The summed E-state index contributed by atoms with van der Waals surface area (Å²) in [5.41, 5.74) is 0.849. The molecule has 0 radical (unpaired) electrons. The number of nitrogens with zero attached hydrogens (tertiary/aromatic N) is 1. The second-order valence-electron chi connectivity index (χ2n) is 5.90. The van der Waals surface area contributed by atoms with Crippen molar-refractivity contribution in [2.45, 2.75) is 38.8 Å². The quantitative estimate of drug-likeness (QED) is 0.933. The first kappa shape index (κ1) is 15.4.